The molecule has 1 aromatic carbocycles. The van der Waals surface area contributed by atoms with E-state index in [1.165, 1.54) is 16.9 Å². The predicted octanol–water partition coefficient (Wildman–Crippen LogP) is 1.75. The molecule has 0 amide bonds. The lowest BCUT2D eigenvalue weighted by Gasteiger charge is -2.05. The molecule has 0 bridgehead atoms. The van der Waals surface area contributed by atoms with Crippen molar-refractivity contribution >= 4 is 28.8 Å². The third-order valence-corrected chi connectivity index (χ3v) is 3.51. The minimum atomic E-state index is -0.125. The first-order valence-electron chi connectivity index (χ1n) is 5.90. The molecule has 0 saturated carbocycles. The van der Waals surface area contributed by atoms with Crippen molar-refractivity contribution in [1.29, 1.82) is 0 Å². The lowest BCUT2D eigenvalue weighted by Crippen LogP contribution is -2.37. The Morgan fingerprint density at radius 1 is 1.30 bits per heavy atom. The van der Waals surface area contributed by atoms with Gasteiger partial charge in [-0.2, -0.15) is 0 Å². The van der Waals surface area contributed by atoms with Gasteiger partial charge in [0.2, 0.25) is 0 Å². The van der Waals surface area contributed by atoms with Gasteiger partial charge in [0.25, 0.3) is 6.33 Å². The summed E-state index contributed by atoms with van der Waals surface area (Å²) in [5, 5.41) is 21.5. The first kappa shape index (κ1) is 13.1. The average Bonchev–Trinajstić information content (AvgIpc) is 2.76. The Labute approximate surface area is 125 Å². The number of hydrogen-bond acceptors (Lipinski definition) is 3. The molecule has 0 aliphatic rings. The van der Waals surface area contributed by atoms with Crippen LogP contribution in [0.3, 0.4) is 0 Å². The molecule has 7 heteroatoms. The summed E-state index contributed by atoms with van der Waals surface area (Å²) < 4.78 is 3.05. The van der Waals surface area contributed by atoms with E-state index in [0.717, 1.165) is 5.56 Å². The zero-order valence-electron chi connectivity index (χ0n) is 10.5. The molecule has 102 valence electrons. The fourth-order valence-electron chi connectivity index (χ4n) is 2.03. The molecule has 2 aromatic heterocycles. The second-order valence-corrected chi connectivity index (χ2v) is 5.29. The zero-order valence-corrected chi connectivity index (χ0v) is 12.1. The van der Waals surface area contributed by atoms with Gasteiger partial charge in [-0.25, -0.2) is 0 Å². The molecule has 0 aliphatic carbocycles. The van der Waals surface area contributed by atoms with E-state index in [0.29, 0.717) is 27.9 Å². The Morgan fingerprint density at radius 2 is 2.10 bits per heavy atom. The van der Waals surface area contributed by atoms with Crippen molar-refractivity contribution in [2.24, 2.45) is 0 Å². The van der Waals surface area contributed by atoms with Gasteiger partial charge in [0.05, 0.1) is 5.69 Å². The van der Waals surface area contributed by atoms with Crippen LogP contribution in [0.2, 0.25) is 10.0 Å². The number of halogens is 2. The summed E-state index contributed by atoms with van der Waals surface area (Å²) in [4.78, 5) is 0. The predicted molar refractivity (Wildman–Crippen MR) is 72.9 cm³/mol. The van der Waals surface area contributed by atoms with Crippen LogP contribution >= 0.6 is 23.2 Å². The molecule has 0 atom stereocenters. The van der Waals surface area contributed by atoms with Gasteiger partial charge in [0, 0.05) is 15.6 Å². The summed E-state index contributed by atoms with van der Waals surface area (Å²) in [6.45, 7) is 2.15. The fourth-order valence-corrected chi connectivity index (χ4v) is 2.50. The monoisotopic (exact) mass is 308 g/mol. The number of benzene rings is 1. The van der Waals surface area contributed by atoms with Gasteiger partial charge in [-0.3, -0.25) is 0 Å². The zero-order chi connectivity index (χ0) is 14.3. The second kappa shape index (κ2) is 4.92. The van der Waals surface area contributed by atoms with E-state index in [2.05, 4.69) is 10.2 Å². The van der Waals surface area contributed by atoms with Crippen LogP contribution < -0.4 is 9.79 Å². The van der Waals surface area contributed by atoms with Gasteiger partial charge in [-0.15, -0.1) is 4.68 Å². The maximum absolute atomic E-state index is 12.0. The molecule has 3 rings (SSSR count). The molecule has 0 unspecified atom stereocenters. The number of rotatable bonds is 2. The molecule has 3 aromatic rings. The van der Waals surface area contributed by atoms with Gasteiger partial charge in [-0.05, 0) is 36.0 Å². The molecule has 0 N–H and O–H groups in total. The molecule has 2 heterocycles. The van der Waals surface area contributed by atoms with Crippen molar-refractivity contribution in [2.45, 2.75) is 13.5 Å². The van der Waals surface area contributed by atoms with Crippen molar-refractivity contribution in [3.05, 3.63) is 51.9 Å². The van der Waals surface area contributed by atoms with Crippen LogP contribution in [0.1, 0.15) is 11.3 Å². The molecule has 0 spiro atoms. The first-order chi connectivity index (χ1) is 9.54. The summed E-state index contributed by atoms with van der Waals surface area (Å²) in [5.41, 5.74) is 1.89. The number of aromatic nitrogens is 4. The number of nitrogens with zero attached hydrogens (tertiary/aromatic N) is 4. The number of fused-ring (bicyclic) bond motifs is 1. The Kier molecular flexibility index (Phi) is 3.23. The minimum Gasteiger partial charge on any atom is -0.867 e. The lowest BCUT2D eigenvalue weighted by atomic mass is 10.2. The first-order valence-corrected chi connectivity index (χ1v) is 6.66. The van der Waals surface area contributed by atoms with Gasteiger partial charge in [-0.1, -0.05) is 38.9 Å². The summed E-state index contributed by atoms with van der Waals surface area (Å²) in [7, 11) is 0. The average molecular weight is 309 g/mol. The van der Waals surface area contributed by atoms with Crippen LogP contribution in [0.4, 0.5) is 0 Å². The van der Waals surface area contributed by atoms with Crippen LogP contribution in [0.25, 0.3) is 5.65 Å². The van der Waals surface area contributed by atoms with Crippen LogP contribution in [0, 0.1) is 6.92 Å². The Morgan fingerprint density at radius 3 is 2.85 bits per heavy atom. The van der Waals surface area contributed by atoms with E-state index >= 15 is 0 Å². The summed E-state index contributed by atoms with van der Waals surface area (Å²) in [5.74, 6) is -0.125. The maximum Gasteiger partial charge on any atom is 0.321 e. The van der Waals surface area contributed by atoms with Crippen molar-refractivity contribution in [3.63, 3.8) is 0 Å². The number of aryl methyl sites for hydroxylation is 1. The van der Waals surface area contributed by atoms with E-state index in [1.54, 1.807) is 23.7 Å². The van der Waals surface area contributed by atoms with E-state index in [-0.39, 0.29) is 5.75 Å². The molecule has 20 heavy (non-hydrogen) atoms. The SMILES string of the molecule is Cc1cc([O-])c2n(cn[n+]2Cc2ccc(Cl)cc2Cl)n1. The van der Waals surface area contributed by atoms with Gasteiger partial charge in [0.1, 0.15) is 6.54 Å². The van der Waals surface area contributed by atoms with Crippen LogP contribution in [-0.2, 0) is 6.54 Å². The Bertz CT molecular complexity index is 800. The van der Waals surface area contributed by atoms with Crippen molar-refractivity contribution < 1.29 is 9.79 Å². The van der Waals surface area contributed by atoms with E-state index < -0.39 is 0 Å². The molecular weight excluding hydrogens is 299 g/mol. The van der Waals surface area contributed by atoms with Crippen molar-refractivity contribution in [3.8, 4) is 5.75 Å². The maximum atomic E-state index is 12.0. The smallest absolute Gasteiger partial charge is 0.321 e. The highest BCUT2D eigenvalue weighted by Crippen LogP contribution is 2.21. The fraction of sp³-hybridized carbons (Fsp3) is 0.154. The van der Waals surface area contributed by atoms with Gasteiger partial charge in [0.15, 0.2) is 0 Å². The Hall–Kier alpha value is -1.85. The molecule has 0 fully saturated rings. The van der Waals surface area contributed by atoms with E-state index in [4.69, 9.17) is 23.2 Å². The summed E-state index contributed by atoms with van der Waals surface area (Å²) in [6, 6.07) is 6.71. The molecule has 0 aliphatic heterocycles. The van der Waals surface area contributed by atoms with E-state index in [9.17, 15) is 5.11 Å². The van der Waals surface area contributed by atoms with Gasteiger partial charge >= 0.3 is 5.65 Å². The third kappa shape index (κ3) is 2.30. The van der Waals surface area contributed by atoms with Crippen LogP contribution in [0.5, 0.6) is 5.75 Å². The largest absolute Gasteiger partial charge is 0.867 e. The Balaban J connectivity index is 2.07. The van der Waals surface area contributed by atoms with Crippen molar-refractivity contribution in [2.75, 3.05) is 0 Å². The topological polar surface area (TPSA) is 57.1 Å². The number of hydrogen-bond donors (Lipinski definition) is 0. The highest BCUT2D eigenvalue weighted by Gasteiger charge is 2.16. The lowest BCUT2D eigenvalue weighted by molar-refractivity contribution is -0.721. The quantitative estimate of drug-likeness (QED) is 0.678. The van der Waals surface area contributed by atoms with Crippen LogP contribution in [-0.4, -0.2) is 14.7 Å². The molecule has 0 radical (unpaired) electrons. The standard InChI is InChI=1S/C13H10Cl2N4O/c1-8-4-12(20)13-18(16-7-19(13)17-8)6-9-2-3-10(14)5-11(9)15/h2-5,7H,6H2,1H3. The molecule has 0 saturated heterocycles. The third-order valence-electron chi connectivity index (χ3n) is 2.92. The molecule has 5 nitrogen and oxygen atoms in total. The minimum absolute atomic E-state index is 0.125. The van der Waals surface area contributed by atoms with E-state index in [1.807, 2.05) is 6.07 Å². The summed E-state index contributed by atoms with van der Waals surface area (Å²) >= 11 is 12.0. The summed E-state index contributed by atoms with van der Waals surface area (Å²) in [6.07, 6.45) is 1.51. The van der Waals surface area contributed by atoms with Gasteiger partial charge < -0.3 is 5.11 Å². The normalized spacial score (nSPS) is 11.2. The van der Waals surface area contributed by atoms with Crippen LogP contribution in [0.15, 0.2) is 30.6 Å². The highest BCUT2D eigenvalue weighted by atomic mass is 35.5. The molecular formula is C13H10Cl2N4O. The highest BCUT2D eigenvalue weighted by molar-refractivity contribution is 6.35. The van der Waals surface area contributed by atoms with Crippen molar-refractivity contribution in [1.82, 2.24) is 14.7 Å². The second-order valence-electron chi connectivity index (χ2n) is 4.44.